The van der Waals surface area contributed by atoms with Gasteiger partial charge in [-0.2, -0.15) is 0 Å². The summed E-state index contributed by atoms with van der Waals surface area (Å²) in [4.78, 5) is 17.1. The first-order valence-corrected chi connectivity index (χ1v) is 11.7. The third-order valence-corrected chi connectivity index (χ3v) is 5.11. The molecule has 22 heavy (non-hydrogen) atoms. The quantitative estimate of drug-likeness (QED) is 0.601. The average Bonchev–Trinajstić information content (AvgIpc) is 2.75. The molecule has 1 aromatic rings. The first kappa shape index (κ1) is 16.9. The van der Waals surface area contributed by atoms with Crippen molar-refractivity contribution in [3.63, 3.8) is 0 Å². The summed E-state index contributed by atoms with van der Waals surface area (Å²) >= 11 is 0. The summed E-state index contributed by atoms with van der Waals surface area (Å²) in [5.74, 6) is 0.805. The third kappa shape index (κ3) is 3.86. The second-order valence-electron chi connectivity index (χ2n) is 7.87. The van der Waals surface area contributed by atoms with Gasteiger partial charge in [0, 0.05) is 20.1 Å². The van der Waals surface area contributed by atoms with Crippen LogP contribution >= 0.6 is 0 Å². The zero-order valence-electron chi connectivity index (χ0n) is 14.6. The lowest BCUT2D eigenvalue weighted by molar-refractivity contribution is 0.0987. The largest absolute Gasteiger partial charge is 0.475 e. The monoisotopic (exact) mass is 317 g/mol. The zero-order chi connectivity index (χ0) is 16.5. The molecule has 0 spiro atoms. The molecule has 0 saturated heterocycles. The maximum absolute atomic E-state index is 12.4. The minimum absolute atomic E-state index is 0.156. The molecule has 0 saturated carbocycles. The summed E-state index contributed by atoms with van der Waals surface area (Å²) < 4.78 is 5.86. The number of ketones is 1. The van der Waals surface area contributed by atoms with Gasteiger partial charge in [-0.05, 0) is 25.5 Å². The van der Waals surface area contributed by atoms with Crippen LogP contribution in [0.4, 0.5) is 0 Å². The molecule has 0 unspecified atom stereocenters. The van der Waals surface area contributed by atoms with Crippen LogP contribution in [-0.4, -0.2) is 31.9 Å². The highest BCUT2D eigenvalue weighted by Crippen LogP contribution is 2.27. The zero-order valence-corrected chi connectivity index (χ0v) is 15.6. The molecule has 0 aromatic heterocycles. The van der Waals surface area contributed by atoms with Gasteiger partial charge in [-0.15, -0.1) is 0 Å². The fourth-order valence-electron chi connectivity index (χ4n) is 2.71. The second kappa shape index (κ2) is 5.99. The predicted molar refractivity (Wildman–Crippen MR) is 94.7 cm³/mol. The minimum atomic E-state index is -1.31. The first-order chi connectivity index (χ1) is 10.1. The van der Waals surface area contributed by atoms with E-state index in [2.05, 4.69) is 39.6 Å². The van der Waals surface area contributed by atoms with Crippen molar-refractivity contribution in [2.75, 3.05) is 6.61 Å². The van der Waals surface area contributed by atoms with Gasteiger partial charge in [-0.3, -0.25) is 4.79 Å². The molecule has 3 nitrogen and oxygen atoms in total. The van der Waals surface area contributed by atoms with Crippen LogP contribution in [0.15, 0.2) is 23.2 Å². The Morgan fingerprint density at radius 2 is 2.00 bits per heavy atom. The highest BCUT2D eigenvalue weighted by atomic mass is 28.3. The second-order valence-corrected chi connectivity index (χ2v) is 13.3. The van der Waals surface area contributed by atoms with Gasteiger partial charge in [0.2, 0.25) is 5.90 Å². The Bertz CT molecular complexity index is 612. The fraction of sp³-hybridized carbons (Fsp3) is 0.556. The number of carbonyl (C=O) groups is 1. The summed E-state index contributed by atoms with van der Waals surface area (Å²) in [6.45, 7) is 13.6. The van der Waals surface area contributed by atoms with Gasteiger partial charge < -0.3 is 4.74 Å². The Morgan fingerprint density at radius 1 is 1.32 bits per heavy atom. The van der Waals surface area contributed by atoms with Crippen LogP contribution in [0, 0.1) is 0 Å². The molecule has 1 aromatic carbocycles. The number of rotatable bonds is 5. The maximum Gasteiger partial charge on any atom is 0.217 e. The number of nitrogens with zero attached hydrogens (tertiary/aromatic N) is 1. The van der Waals surface area contributed by atoms with Gasteiger partial charge in [0.25, 0.3) is 0 Å². The molecule has 0 fully saturated rings. The summed E-state index contributed by atoms with van der Waals surface area (Å²) in [6, 6.07) is 7.04. The number of Topliss-reactive ketones (excluding diaryl/α,β-unsaturated/α-hetero) is 1. The molecule has 0 N–H and O–H groups in total. The lowest BCUT2D eigenvalue weighted by atomic mass is 9.97. The minimum Gasteiger partial charge on any atom is -0.475 e. The van der Waals surface area contributed by atoms with Gasteiger partial charge >= 0.3 is 0 Å². The van der Waals surface area contributed by atoms with E-state index < -0.39 is 8.07 Å². The molecule has 0 amide bonds. The lowest BCUT2D eigenvalue weighted by Crippen LogP contribution is -2.26. The summed E-state index contributed by atoms with van der Waals surface area (Å²) in [5.41, 5.74) is 2.68. The Hall–Kier alpha value is -1.42. The summed E-state index contributed by atoms with van der Waals surface area (Å²) in [7, 11) is -1.31. The standard InChI is InChI=1S/C18H27NO2Si/c1-7-15(20)14-10-8-9-13(11-22(4,5)6)16(14)17-19-18(2,3)12-21-17/h8-10H,7,11-12H2,1-6H3. The summed E-state index contributed by atoms with van der Waals surface area (Å²) in [6.07, 6.45) is 0.500. The van der Waals surface area contributed by atoms with Crippen LogP contribution in [0.25, 0.3) is 0 Å². The molecule has 120 valence electrons. The molecule has 0 aliphatic carbocycles. The van der Waals surface area contributed by atoms with Crippen molar-refractivity contribution in [3.05, 3.63) is 34.9 Å². The molecule has 1 aliphatic heterocycles. The van der Waals surface area contributed by atoms with Gasteiger partial charge in [0.1, 0.15) is 6.61 Å². The Balaban J connectivity index is 2.59. The van der Waals surface area contributed by atoms with E-state index in [9.17, 15) is 4.79 Å². The van der Waals surface area contributed by atoms with E-state index in [1.165, 1.54) is 5.56 Å². The van der Waals surface area contributed by atoms with Gasteiger partial charge in [-0.1, -0.05) is 44.8 Å². The molecular weight excluding hydrogens is 290 g/mol. The van der Waals surface area contributed by atoms with Crippen molar-refractivity contribution in [1.82, 2.24) is 0 Å². The van der Waals surface area contributed by atoms with Crippen molar-refractivity contribution >= 4 is 19.8 Å². The molecule has 0 atom stereocenters. The SMILES string of the molecule is CCC(=O)c1cccc(C[Si](C)(C)C)c1C1=NC(C)(C)CO1. The van der Waals surface area contributed by atoms with Crippen molar-refractivity contribution in [2.45, 2.75) is 58.4 Å². The number of hydrogen-bond acceptors (Lipinski definition) is 3. The molecule has 0 radical (unpaired) electrons. The molecule has 0 bridgehead atoms. The van der Waals surface area contributed by atoms with E-state index in [1.54, 1.807) is 0 Å². The fourth-order valence-corrected chi connectivity index (χ4v) is 4.14. The third-order valence-electron chi connectivity index (χ3n) is 3.67. The Kier molecular flexibility index (Phi) is 4.61. The van der Waals surface area contributed by atoms with Gasteiger partial charge in [0.15, 0.2) is 5.78 Å². The molecule has 2 rings (SSSR count). The normalized spacial score (nSPS) is 17.1. The molecule has 1 aliphatic rings. The predicted octanol–water partition coefficient (Wildman–Crippen LogP) is 4.25. The lowest BCUT2D eigenvalue weighted by Gasteiger charge is -2.20. The van der Waals surface area contributed by atoms with Crippen molar-refractivity contribution in [1.29, 1.82) is 0 Å². The number of benzene rings is 1. The van der Waals surface area contributed by atoms with Crippen LogP contribution in [0.5, 0.6) is 0 Å². The van der Waals surface area contributed by atoms with Crippen LogP contribution in [-0.2, 0) is 10.8 Å². The van der Waals surface area contributed by atoms with E-state index in [4.69, 9.17) is 9.73 Å². The highest BCUT2D eigenvalue weighted by Gasteiger charge is 2.31. The van der Waals surface area contributed by atoms with Gasteiger partial charge in [0.05, 0.1) is 11.1 Å². The summed E-state index contributed by atoms with van der Waals surface area (Å²) in [5, 5.41) is 0. The molecule has 4 heteroatoms. The number of carbonyl (C=O) groups excluding carboxylic acids is 1. The van der Waals surface area contributed by atoms with Crippen molar-refractivity contribution in [3.8, 4) is 0 Å². The number of ether oxygens (including phenoxy) is 1. The Morgan fingerprint density at radius 3 is 2.50 bits per heavy atom. The van der Waals surface area contributed by atoms with E-state index in [0.717, 1.165) is 17.2 Å². The van der Waals surface area contributed by atoms with Crippen molar-refractivity contribution in [2.24, 2.45) is 4.99 Å². The van der Waals surface area contributed by atoms with E-state index >= 15 is 0 Å². The van der Waals surface area contributed by atoms with Crippen molar-refractivity contribution < 1.29 is 9.53 Å². The number of aliphatic imine (C=N–C) groups is 1. The average molecular weight is 318 g/mol. The Labute approximate surface area is 134 Å². The molecular formula is C18H27NO2Si. The van der Waals surface area contributed by atoms with E-state index in [1.807, 2.05) is 19.1 Å². The van der Waals surface area contributed by atoms with Gasteiger partial charge in [-0.25, -0.2) is 4.99 Å². The molecule has 1 heterocycles. The van der Waals surface area contributed by atoms with E-state index in [0.29, 0.717) is 18.9 Å². The number of hydrogen-bond donors (Lipinski definition) is 0. The topological polar surface area (TPSA) is 38.7 Å². The van der Waals surface area contributed by atoms with Crippen LogP contribution in [0.3, 0.4) is 0 Å². The van der Waals surface area contributed by atoms with Crippen LogP contribution in [0.2, 0.25) is 19.6 Å². The van der Waals surface area contributed by atoms with Crippen LogP contribution in [0.1, 0.15) is 48.7 Å². The smallest absolute Gasteiger partial charge is 0.217 e. The van der Waals surface area contributed by atoms with Crippen LogP contribution < -0.4 is 0 Å². The van der Waals surface area contributed by atoms with E-state index in [-0.39, 0.29) is 11.3 Å². The first-order valence-electron chi connectivity index (χ1n) is 8.01. The highest BCUT2D eigenvalue weighted by molar-refractivity contribution is 6.75. The maximum atomic E-state index is 12.4.